The van der Waals surface area contributed by atoms with E-state index in [1.165, 1.54) is 12.1 Å². The molecule has 102 valence electrons. The van der Waals surface area contributed by atoms with Crippen molar-refractivity contribution in [3.8, 4) is 0 Å². The largest absolute Gasteiger partial charge is 0.338 e. The third-order valence-electron chi connectivity index (χ3n) is 4.38. The molecule has 3 nitrogen and oxygen atoms in total. The van der Waals surface area contributed by atoms with Crippen molar-refractivity contribution in [2.75, 3.05) is 13.1 Å². The molecule has 1 aliphatic carbocycles. The quantitative estimate of drug-likeness (QED) is 0.859. The molecule has 1 saturated heterocycles. The topological polar surface area (TPSA) is 46.3 Å². The van der Waals surface area contributed by atoms with E-state index in [-0.39, 0.29) is 22.5 Å². The number of nitrogens with zero attached hydrogens (tertiary/aromatic N) is 1. The Morgan fingerprint density at radius 3 is 2.89 bits per heavy atom. The number of carbonyl (C=O) groups excluding carboxylic acids is 1. The molecule has 1 heterocycles. The molecule has 1 saturated carbocycles. The predicted molar refractivity (Wildman–Crippen MR) is 71.5 cm³/mol. The summed E-state index contributed by atoms with van der Waals surface area (Å²) in [6, 6.07) is 4.53. The van der Waals surface area contributed by atoms with Gasteiger partial charge in [0.1, 0.15) is 5.82 Å². The third-order valence-corrected chi connectivity index (χ3v) is 4.77. The number of benzene rings is 1. The number of hydrogen-bond donors (Lipinski definition) is 1. The second-order valence-electron chi connectivity index (χ2n) is 5.48. The number of nitrogens with two attached hydrogens (primary N) is 1. The first-order valence-corrected chi connectivity index (χ1v) is 6.94. The molecule has 0 spiro atoms. The van der Waals surface area contributed by atoms with Gasteiger partial charge in [-0.05, 0) is 36.8 Å². The molecule has 2 aliphatic rings. The van der Waals surface area contributed by atoms with Crippen LogP contribution in [0.2, 0.25) is 5.02 Å². The first kappa shape index (κ1) is 12.9. The molecule has 1 aromatic rings. The summed E-state index contributed by atoms with van der Waals surface area (Å²) in [5, 5.41) is -0.0890. The van der Waals surface area contributed by atoms with Crippen molar-refractivity contribution < 1.29 is 9.18 Å². The summed E-state index contributed by atoms with van der Waals surface area (Å²) >= 11 is 5.87. The molecule has 3 unspecified atom stereocenters. The number of hydrogen-bond acceptors (Lipinski definition) is 2. The molecule has 5 heteroatoms. The minimum atomic E-state index is -0.552. The van der Waals surface area contributed by atoms with E-state index >= 15 is 0 Å². The van der Waals surface area contributed by atoms with Crippen molar-refractivity contribution in [2.45, 2.75) is 18.9 Å². The average molecular weight is 283 g/mol. The SMILES string of the molecule is NC1CCC2CN(C(=O)c3cccc(F)c3Cl)CC12. The van der Waals surface area contributed by atoms with Crippen molar-refractivity contribution in [1.82, 2.24) is 4.90 Å². The molecule has 3 rings (SSSR count). The van der Waals surface area contributed by atoms with Gasteiger partial charge in [-0.1, -0.05) is 17.7 Å². The zero-order valence-corrected chi connectivity index (χ0v) is 11.2. The van der Waals surface area contributed by atoms with E-state index in [1.807, 2.05) is 0 Å². The minimum absolute atomic E-state index is 0.0890. The smallest absolute Gasteiger partial charge is 0.255 e. The normalized spacial score (nSPS) is 29.6. The summed E-state index contributed by atoms with van der Waals surface area (Å²) in [5.41, 5.74) is 6.30. The predicted octanol–water partition coefficient (Wildman–Crippen LogP) is 2.29. The van der Waals surface area contributed by atoms with Gasteiger partial charge in [0, 0.05) is 19.1 Å². The summed E-state index contributed by atoms with van der Waals surface area (Å²) < 4.78 is 13.4. The Morgan fingerprint density at radius 1 is 1.37 bits per heavy atom. The molecule has 3 atom stereocenters. The molecule has 19 heavy (non-hydrogen) atoms. The highest BCUT2D eigenvalue weighted by Crippen LogP contribution is 2.38. The molecular formula is C14H16ClFN2O. The Morgan fingerprint density at radius 2 is 2.16 bits per heavy atom. The third kappa shape index (κ3) is 2.13. The highest BCUT2D eigenvalue weighted by molar-refractivity contribution is 6.34. The summed E-state index contributed by atoms with van der Waals surface area (Å²) in [5.74, 6) is 0.136. The number of carbonyl (C=O) groups is 1. The van der Waals surface area contributed by atoms with Crippen LogP contribution in [0.15, 0.2) is 18.2 Å². The van der Waals surface area contributed by atoms with Crippen LogP contribution < -0.4 is 5.73 Å². The van der Waals surface area contributed by atoms with E-state index < -0.39 is 5.82 Å². The monoisotopic (exact) mass is 282 g/mol. The number of amides is 1. The Balaban J connectivity index is 1.81. The van der Waals surface area contributed by atoms with E-state index in [0.717, 1.165) is 12.8 Å². The molecule has 1 aliphatic heterocycles. The first-order chi connectivity index (χ1) is 9.08. The van der Waals surface area contributed by atoms with Crippen molar-refractivity contribution in [1.29, 1.82) is 0 Å². The highest BCUT2D eigenvalue weighted by Gasteiger charge is 2.42. The summed E-state index contributed by atoms with van der Waals surface area (Å²) in [6.07, 6.45) is 2.12. The van der Waals surface area contributed by atoms with Crippen LogP contribution in [-0.2, 0) is 0 Å². The second-order valence-corrected chi connectivity index (χ2v) is 5.85. The Hall–Kier alpha value is -1.13. The van der Waals surface area contributed by atoms with Crippen LogP contribution in [0, 0.1) is 17.7 Å². The van der Waals surface area contributed by atoms with Crippen molar-refractivity contribution in [3.05, 3.63) is 34.6 Å². The second kappa shape index (κ2) is 4.76. The van der Waals surface area contributed by atoms with E-state index in [4.69, 9.17) is 17.3 Å². The van der Waals surface area contributed by atoms with Crippen LogP contribution in [0.5, 0.6) is 0 Å². The standard InChI is InChI=1S/C14H16ClFN2O/c15-13-9(2-1-3-11(13)16)14(19)18-6-8-4-5-12(17)10(8)7-18/h1-3,8,10,12H,4-7,17H2. The number of rotatable bonds is 1. The lowest BCUT2D eigenvalue weighted by Gasteiger charge is -2.19. The fourth-order valence-corrected chi connectivity index (χ4v) is 3.52. The van der Waals surface area contributed by atoms with E-state index in [1.54, 1.807) is 11.0 Å². The van der Waals surface area contributed by atoms with Crippen molar-refractivity contribution in [3.63, 3.8) is 0 Å². The summed E-state index contributed by atoms with van der Waals surface area (Å²) in [7, 11) is 0. The highest BCUT2D eigenvalue weighted by atomic mass is 35.5. The van der Waals surface area contributed by atoms with Gasteiger partial charge in [0.2, 0.25) is 0 Å². The van der Waals surface area contributed by atoms with Crippen LogP contribution in [0.1, 0.15) is 23.2 Å². The average Bonchev–Trinajstić information content (AvgIpc) is 2.95. The van der Waals surface area contributed by atoms with Crippen LogP contribution in [0.25, 0.3) is 0 Å². The van der Waals surface area contributed by atoms with Gasteiger partial charge in [-0.15, -0.1) is 0 Å². The fourth-order valence-electron chi connectivity index (χ4n) is 3.31. The zero-order valence-electron chi connectivity index (χ0n) is 10.5. The van der Waals surface area contributed by atoms with Gasteiger partial charge in [-0.3, -0.25) is 4.79 Å². The molecule has 1 amide bonds. The van der Waals surface area contributed by atoms with Crippen molar-refractivity contribution in [2.24, 2.45) is 17.6 Å². The van der Waals surface area contributed by atoms with Gasteiger partial charge >= 0.3 is 0 Å². The van der Waals surface area contributed by atoms with E-state index in [9.17, 15) is 9.18 Å². The molecule has 0 aromatic heterocycles. The molecule has 2 N–H and O–H groups in total. The van der Waals surface area contributed by atoms with Gasteiger partial charge in [-0.2, -0.15) is 0 Å². The van der Waals surface area contributed by atoms with Crippen LogP contribution in [-0.4, -0.2) is 29.9 Å². The Bertz CT molecular complexity index is 522. The van der Waals surface area contributed by atoms with Gasteiger partial charge in [0.25, 0.3) is 5.91 Å². The molecule has 0 radical (unpaired) electrons. The Kier molecular flexibility index (Phi) is 3.23. The van der Waals surface area contributed by atoms with E-state index in [2.05, 4.69) is 0 Å². The minimum Gasteiger partial charge on any atom is -0.338 e. The van der Waals surface area contributed by atoms with Crippen LogP contribution >= 0.6 is 11.6 Å². The molecule has 2 fully saturated rings. The van der Waals surface area contributed by atoms with Gasteiger partial charge in [-0.25, -0.2) is 4.39 Å². The Labute approximate surface area is 116 Å². The van der Waals surface area contributed by atoms with E-state index in [0.29, 0.717) is 24.9 Å². The first-order valence-electron chi connectivity index (χ1n) is 6.57. The summed E-state index contributed by atoms with van der Waals surface area (Å²) in [4.78, 5) is 14.2. The van der Waals surface area contributed by atoms with Gasteiger partial charge in [0.05, 0.1) is 10.6 Å². The maximum absolute atomic E-state index is 13.4. The van der Waals surface area contributed by atoms with Gasteiger partial charge < -0.3 is 10.6 Å². The molecular weight excluding hydrogens is 267 g/mol. The molecule has 0 bridgehead atoms. The lowest BCUT2D eigenvalue weighted by molar-refractivity contribution is 0.0779. The lowest BCUT2D eigenvalue weighted by Crippen LogP contribution is -2.33. The summed E-state index contributed by atoms with van der Waals surface area (Å²) in [6.45, 7) is 1.38. The van der Waals surface area contributed by atoms with Crippen LogP contribution in [0.4, 0.5) is 4.39 Å². The fraction of sp³-hybridized carbons (Fsp3) is 0.500. The maximum atomic E-state index is 13.4. The maximum Gasteiger partial charge on any atom is 0.255 e. The molecule has 1 aromatic carbocycles. The van der Waals surface area contributed by atoms with Gasteiger partial charge in [0.15, 0.2) is 0 Å². The zero-order chi connectivity index (χ0) is 13.6. The number of fused-ring (bicyclic) bond motifs is 1. The number of halogens is 2. The number of likely N-dealkylation sites (tertiary alicyclic amines) is 1. The lowest BCUT2D eigenvalue weighted by atomic mass is 9.98. The van der Waals surface area contributed by atoms with Crippen LogP contribution in [0.3, 0.4) is 0 Å². The van der Waals surface area contributed by atoms with Crippen molar-refractivity contribution >= 4 is 17.5 Å².